The second-order valence-corrected chi connectivity index (χ2v) is 6.70. The van der Waals surface area contributed by atoms with Gasteiger partial charge in [0.15, 0.2) is 5.78 Å². The lowest BCUT2D eigenvalue weighted by Gasteiger charge is -2.47. The van der Waals surface area contributed by atoms with Gasteiger partial charge in [0, 0.05) is 6.42 Å². The number of carbonyl (C=O) groups excluding carboxylic acids is 1. The van der Waals surface area contributed by atoms with Gasteiger partial charge in [0.1, 0.15) is 0 Å². The average Bonchev–Trinajstić information content (AvgIpc) is 2.99. The summed E-state index contributed by atoms with van der Waals surface area (Å²) in [5.74, 6) is 1.50. The maximum absolute atomic E-state index is 11.7. The molecule has 2 nitrogen and oxygen atoms in total. The molecule has 0 aromatic carbocycles. The highest BCUT2D eigenvalue weighted by molar-refractivity contribution is 5.92. The van der Waals surface area contributed by atoms with Crippen LogP contribution in [0, 0.1) is 17.3 Å². The molecular formula is C15H22O2. The number of ketones is 1. The Balaban J connectivity index is 1.88. The highest BCUT2D eigenvalue weighted by Crippen LogP contribution is 2.55. The fourth-order valence-corrected chi connectivity index (χ4v) is 3.77. The van der Waals surface area contributed by atoms with E-state index in [-0.39, 0.29) is 11.0 Å². The van der Waals surface area contributed by atoms with Crippen LogP contribution in [0.1, 0.15) is 46.5 Å². The van der Waals surface area contributed by atoms with Crippen LogP contribution in [0.2, 0.25) is 0 Å². The van der Waals surface area contributed by atoms with Gasteiger partial charge in [0.05, 0.1) is 12.2 Å². The number of epoxide rings is 1. The largest absolute Gasteiger partial charge is 0.370 e. The van der Waals surface area contributed by atoms with Gasteiger partial charge < -0.3 is 4.74 Å². The summed E-state index contributed by atoms with van der Waals surface area (Å²) in [7, 11) is 0. The quantitative estimate of drug-likeness (QED) is 0.652. The summed E-state index contributed by atoms with van der Waals surface area (Å²) in [4.78, 5) is 11.7. The molecular weight excluding hydrogens is 212 g/mol. The lowest BCUT2D eigenvalue weighted by molar-refractivity contribution is -0.117. The molecule has 0 N–H and O–H groups in total. The van der Waals surface area contributed by atoms with Crippen LogP contribution in [0.25, 0.3) is 0 Å². The monoisotopic (exact) mass is 234 g/mol. The van der Waals surface area contributed by atoms with Crippen LogP contribution in [0.4, 0.5) is 0 Å². The number of ether oxygens (including phenoxy) is 1. The smallest absolute Gasteiger partial charge is 0.155 e. The summed E-state index contributed by atoms with van der Waals surface area (Å²) in [6.45, 7) is 7.77. The van der Waals surface area contributed by atoms with Crippen LogP contribution in [0.3, 0.4) is 0 Å². The Hall–Kier alpha value is -0.630. The van der Waals surface area contributed by atoms with E-state index in [0.717, 1.165) is 19.4 Å². The lowest BCUT2D eigenvalue weighted by Crippen LogP contribution is -2.41. The Morgan fingerprint density at radius 1 is 1.41 bits per heavy atom. The first-order valence-electron chi connectivity index (χ1n) is 6.82. The Morgan fingerprint density at radius 2 is 2.12 bits per heavy atom. The van der Waals surface area contributed by atoms with Gasteiger partial charge in [-0.3, -0.25) is 4.79 Å². The third kappa shape index (κ3) is 1.69. The van der Waals surface area contributed by atoms with Crippen LogP contribution in [-0.4, -0.2) is 18.0 Å². The van der Waals surface area contributed by atoms with Crippen LogP contribution in [0.15, 0.2) is 11.6 Å². The van der Waals surface area contributed by atoms with Gasteiger partial charge in [-0.25, -0.2) is 0 Å². The summed E-state index contributed by atoms with van der Waals surface area (Å²) >= 11 is 0. The van der Waals surface area contributed by atoms with Gasteiger partial charge in [0.2, 0.25) is 0 Å². The van der Waals surface area contributed by atoms with E-state index in [1.807, 2.05) is 6.08 Å². The van der Waals surface area contributed by atoms with E-state index in [4.69, 9.17) is 4.74 Å². The SMILES string of the molecule is C[C@@H]1CC(=O)C=C2CC[C@@H](C3(C)CO3)C[C@]21C. The number of hydrogen-bond acceptors (Lipinski definition) is 2. The third-order valence-electron chi connectivity index (χ3n) is 5.56. The fraction of sp³-hybridized carbons (Fsp3) is 0.800. The first-order valence-corrected chi connectivity index (χ1v) is 6.82. The minimum absolute atomic E-state index is 0.149. The van der Waals surface area contributed by atoms with Crippen molar-refractivity contribution < 1.29 is 9.53 Å². The number of fused-ring (bicyclic) bond motifs is 1. The predicted molar refractivity (Wildman–Crippen MR) is 66.7 cm³/mol. The van der Waals surface area contributed by atoms with Crippen molar-refractivity contribution in [2.45, 2.75) is 52.1 Å². The summed E-state index contributed by atoms with van der Waals surface area (Å²) in [5, 5.41) is 0. The van der Waals surface area contributed by atoms with Gasteiger partial charge >= 0.3 is 0 Å². The Morgan fingerprint density at radius 3 is 2.76 bits per heavy atom. The van der Waals surface area contributed by atoms with Crippen molar-refractivity contribution in [3.05, 3.63) is 11.6 Å². The Bertz CT molecular complexity index is 392. The summed E-state index contributed by atoms with van der Waals surface area (Å²) in [5.41, 5.74) is 1.79. The molecule has 1 aliphatic heterocycles. The van der Waals surface area contributed by atoms with E-state index in [1.54, 1.807) is 0 Å². The number of rotatable bonds is 1. The van der Waals surface area contributed by atoms with E-state index in [9.17, 15) is 4.79 Å². The van der Waals surface area contributed by atoms with Crippen molar-refractivity contribution in [2.24, 2.45) is 17.3 Å². The number of carbonyl (C=O) groups is 1. The average molecular weight is 234 g/mol. The van der Waals surface area contributed by atoms with Crippen LogP contribution >= 0.6 is 0 Å². The van der Waals surface area contributed by atoms with Gasteiger partial charge in [-0.05, 0) is 49.5 Å². The molecule has 4 atom stereocenters. The zero-order chi connectivity index (χ0) is 12.3. The molecule has 2 fully saturated rings. The molecule has 0 aromatic rings. The van der Waals surface area contributed by atoms with E-state index in [2.05, 4.69) is 20.8 Å². The maximum Gasteiger partial charge on any atom is 0.155 e. The van der Waals surface area contributed by atoms with Crippen molar-refractivity contribution >= 4 is 5.78 Å². The van der Waals surface area contributed by atoms with E-state index < -0.39 is 0 Å². The molecule has 17 heavy (non-hydrogen) atoms. The highest BCUT2D eigenvalue weighted by Gasteiger charge is 2.53. The molecule has 0 radical (unpaired) electrons. The summed E-state index contributed by atoms with van der Waals surface area (Å²) < 4.78 is 5.63. The maximum atomic E-state index is 11.7. The lowest BCUT2D eigenvalue weighted by atomic mass is 9.57. The van der Waals surface area contributed by atoms with Crippen molar-refractivity contribution in [1.82, 2.24) is 0 Å². The minimum Gasteiger partial charge on any atom is -0.370 e. The van der Waals surface area contributed by atoms with E-state index in [1.165, 1.54) is 18.4 Å². The highest BCUT2D eigenvalue weighted by atomic mass is 16.6. The zero-order valence-electron chi connectivity index (χ0n) is 11.1. The molecule has 3 aliphatic rings. The van der Waals surface area contributed by atoms with Gasteiger partial charge in [0.25, 0.3) is 0 Å². The molecule has 3 rings (SSSR count). The second kappa shape index (κ2) is 3.44. The molecule has 1 unspecified atom stereocenters. The molecule has 1 heterocycles. The normalized spacial score (nSPS) is 49.6. The van der Waals surface area contributed by atoms with Crippen LogP contribution in [-0.2, 0) is 9.53 Å². The van der Waals surface area contributed by atoms with Crippen molar-refractivity contribution in [3.8, 4) is 0 Å². The summed E-state index contributed by atoms with van der Waals surface area (Å²) in [6, 6.07) is 0. The van der Waals surface area contributed by atoms with Crippen molar-refractivity contribution in [1.29, 1.82) is 0 Å². The number of hydrogen-bond donors (Lipinski definition) is 0. The molecule has 2 aliphatic carbocycles. The van der Waals surface area contributed by atoms with Gasteiger partial charge in [-0.15, -0.1) is 0 Å². The zero-order valence-corrected chi connectivity index (χ0v) is 11.1. The topological polar surface area (TPSA) is 29.6 Å². The molecule has 0 amide bonds. The fourth-order valence-electron chi connectivity index (χ4n) is 3.77. The summed E-state index contributed by atoms with van der Waals surface area (Å²) in [6.07, 6.45) is 6.15. The first kappa shape index (κ1) is 11.5. The van der Waals surface area contributed by atoms with Gasteiger partial charge in [-0.1, -0.05) is 19.4 Å². The molecule has 2 heteroatoms. The third-order valence-corrected chi connectivity index (χ3v) is 5.56. The minimum atomic E-state index is 0.149. The molecule has 1 saturated carbocycles. The number of allylic oxidation sites excluding steroid dienone is 2. The molecule has 94 valence electrons. The Labute approximate surface area is 103 Å². The molecule has 0 bridgehead atoms. The molecule has 0 aromatic heterocycles. The van der Waals surface area contributed by atoms with Crippen molar-refractivity contribution in [2.75, 3.05) is 6.61 Å². The van der Waals surface area contributed by atoms with Crippen LogP contribution in [0.5, 0.6) is 0 Å². The first-order chi connectivity index (χ1) is 7.94. The van der Waals surface area contributed by atoms with Crippen LogP contribution < -0.4 is 0 Å². The molecule has 1 saturated heterocycles. The molecule has 0 spiro atoms. The van der Waals surface area contributed by atoms with E-state index >= 15 is 0 Å². The predicted octanol–water partition coefficient (Wildman–Crippen LogP) is 3.12. The van der Waals surface area contributed by atoms with E-state index in [0.29, 0.717) is 17.6 Å². The van der Waals surface area contributed by atoms with Crippen molar-refractivity contribution in [3.63, 3.8) is 0 Å². The standard InChI is InChI=1S/C15H22O2/c1-10-6-13(16)7-11-4-5-12(8-14(10,11)2)15(3)9-17-15/h7,10,12H,4-6,8-9H2,1-3H3/t10-,12-,14+,15?/m1/s1. The van der Waals surface area contributed by atoms with Gasteiger partial charge in [-0.2, -0.15) is 0 Å². The second-order valence-electron chi connectivity index (χ2n) is 6.70. The Kier molecular flexibility index (Phi) is 2.32.